The number of aromatic nitrogens is 1. The third-order valence-electron chi connectivity index (χ3n) is 5.24. The summed E-state index contributed by atoms with van der Waals surface area (Å²) in [6.07, 6.45) is -7.07. The summed E-state index contributed by atoms with van der Waals surface area (Å²) in [5.41, 5.74) is 1.42. The van der Waals surface area contributed by atoms with Gasteiger partial charge in [0.15, 0.2) is 0 Å². The van der Waals surface area contributed by atoms with Gasteiger partial charge in [0.05, 0.1) is 25.5 Å². The summed E-state index contributed by atoms with van der Waals surface area (Å²) in [5, 5.41) is 14.2. The second-order valence-corrected chi connectivity index (χ2v) is 8.21. The zero-order valence-electron chi connectivity index (χ0n) is 19.5. The van der Waals surface area contributed by atoms with Crippen LogP contribution in [0, 0.1) is 5.41 Å². The Morgan fingerprint density at radius 2 is 1.64 bits per heavy atom. The first-order chi connectivity index (χ1) is 16.7. The fraction of sp³-hybridized carbons (Fsp3) is 0.667. The van der Waals surface area contributed by atoms with Crippen molar-refractivity contribution in [2.75, 3.05) is 59.7 Å². The Kier molecular flexibility index (Phi) is 12.5. The second kappa shape index (κ2) is 14.3. The van der Waals surface area contributed by atoms with Crippen molar-refractivity contribution in [1.29, 1.82) is 0 Å². The summed E-state index contributed by atoms with van der Waals surface area (Å²) in [4.78, 5) is 27.3. The molecule has 206 valence electrons. The van der Waals surface area contributed by atoms with Crippen LogP contribution in [0.15, 0.2) is 24.4 Å². The van der Waals surface area contributed by atoms with Crippen molar-refractivity contribution in [2.24, 2.45) is 5.41 Å². The number of alkyl halides is 6. The van der Waals surface area contributed by atoms with Crippen LogP contribution < -0.4 is 0 Å². The Hall–Kier alpha value is -2.49. The van der Waals surface area contributed by atoms with Crippen molar-refractivity contribution >= 4 is 11.9 Å². The molecule has 3 rings (SSSR count). The standard InChI is InChI=1S/C17H27N3O2.2C2HF3O2/c1-21-10-8-19-7-5-17(13-19)14-20(9-11-22-15-17)12-16-4-2-3-6-18-16;2*3-2(4,5)1(6)7/h2-4,6H,5,7-15H2,1H3;2*(H,6,7). The lowest BCUT2D eigenvalue weighted by Gasteiger charge is -2.31. The van der Waals surface area contributed by atoms with Crippen LogP contribution in [-0.2, 0) is 25.6 Å². The molecule has 36 heavy (non-hydrogen) atoms. The van der Waals surface area contributed by atoms with E-state index in [-0.39, 0.29) is 5.41 Å². The molecule has 0 saturated carbocycles. The predicted molar refractivity (Wildman–Crippen MR) is 113 cm³/mol. The molecule has 1 aromatic heterocycles. The van der Waals surface area contributed by atoms with Crippen molar-refractivity contribution in [2.45, 2.75) is 25.3 Å². The molecule has 2 saturated heterocycles. The van der Waals surface area contributed by atoms with Gasteiger partial charge in [-0.05, 0) is 25.1 Å². The highest BCUT2D eigenvalue weighted by atomic mass is 19.4. The van der Waals surface area contributed by atoms with Crippen LogP contribution in [0.3, 0.4) is 0 Å². The maximum Gasteiger partial charge on any atom is 0.490 e. The quantitative estimate of drug-likeness (QED) is 0.552. The molecule has 1 aromatic rings. The number of methoxy groups -OCH3 is 1. The van der Waals surface area contributed by atoms with E-state index in [1.165, 1.54) is 6.42 Å². The lowest BCUT2D eigenvalue weighted by atomic mass is 9.87. The minimum absolute atomic E-state index is 0.277. The molecule has 2 N–H and O–H groups in total. The van der Waals surface area contributed by atoms with Crippen LogP contribution >= 0.6 is 0 Å². The van der Waals surface area contributed by atoms with Gasteiger partial charge in [0.2, 0.25) is 0 Å². The van der Waals surface area contributed by atoms with E-state index in [1.807, 2.05) is 12.3 Å². The molecule has 1 atom stereocenters. The molecule has 2 aliphatic rings. The first-order valence-electron chi connectivity index (χ1n) is 10.7. The summed E-state index contributed by atoms with van der Waals surface area (Å²) >= 11 is 0. The molecule has 0 amide bonds. The molecule has 3 heterocycles. The highest BCUT2D eigenvalue weighted by Gasteiger charge is 2.41. The molecule has 1 spiro atoms. The van der Waals surface area contributed by atoms with E-state index in [4.69, 9.17) is 29.3 Å². The number of carboxylic acid groups (broad SMARTS) is 2. The summed E-state index contributed by atoms with van der Waals surface area (Å²) in [6.45, 7) is 8.85. The molecule has 0 aliphatic carbocycles. The van der Waals surface area contributed by atoms with Gasteiger partial charge in [0.1, 0.15) is 0 Å². The lowest BCUT2D eigenvalue weighted by molar-refractivity contribution is -0.193. The molecule has 0 radical (unpaired) electrons. The third kappa shape index (κ3) is 12.0. The first kappa shape index (κ1) is 31.5. The predicted octanol–water partition coefficient (Wildman–Crippen LogP) is 2.52. The number of aliphatic carboxylic acids is 2. The maximum atomic E-state index is 10.6. The van der Waals surface area contributed by atoms with Gasteiger partial charge in [-0.25, -0.2) is 9.59 Å². The fourth-order valence-corrected chi connectivity index (χ4v) is 3.62. The van der Waals surface area contributed by atoms with Gasteiger partial charge in [-0.15, -0.1) is 0 Å². The van der Waals surface area contributed by atoms with E-state index in [1.54, 1.807) is 7.11 Å². The van der Waals surface area contributed by atoms with Crippen molar-refractivity contribution in [3.8, 4) is 0 Å². The van der Waals surface area contributed by atoms with Crippen LogP contribution in [0.5, 0.6) is 0 Å². The Morgan fingerprint density at radius 3 is 2.14 bits per heavy atom. The van der Waals surface area contributed by atoms with Crippen LogP contribution in [-0.4, -0.2) is 109 Å². The monoisotopic (exact) mass is 533 g/mol. The number of likely N-dealkylation sites (tertiary alicyclic amines) is 1. The Bertz CT molecular complexity index is 788. The number of ether oxygens (including phenoxy) is 2. The van der Waals surface area contributed by atoms with Gasteiger partial charge in [0.25, 0.3) is 0 Å². The van der Waals surface area contributed by atoms with Crippen LogP contribution in [0.4, 0.5) is 26.3 Å². The van der Waals surface area contributed by atoms with E-state index in [0.717, 1.165) is 64.8 Å². The SMILES string of the molecule is COCCN1CCC2(COCCN(Cc3ccccn3)C2)C1.O=C(O)C(F)(F)F.O=C(O)C(F)(F)F. The highest BCUT2D eigenvalue weighted by Crippen LogP contribution is 2.33. The minimum atomic E-state index is -5.08. The normalized spacial score (nSPS) is 21.1. The summed E-state index contributed by atoms with van der Waals surface area (Å²) in [7, 11) is 1.77. The Morgan fingerprint density at radius 1 is 1.06 bits per heavy atom. The molecule has 0 bridgehead atoms. The number of halogens is 6. The van der Waals surface area contributed by atoms with E-state index >= 15 is 0 Å². The molecular weight excluding hydrogens is 504 g/mol. The van der Waals surface area contributed by atoms with Gasteiger partial charge in [-0.2, -0.15) is 26.3 Å². The molecule has 9 nitrogen and oxygen atoms in total. The van der Waals surface area contributed by atoms with E-state index in [0.29, 0.717) is 0 Å². The zero-order chi connectivity index (χ0) is 27.4. The topological polar surface area (TPSA) is 112 Å². The summed E-state index contributed by atoms with van der Waals surface area (Å²) in [6, 6.07) is 6.15. The van der Waals surface area contributed by atoms with E-state index < -0.39 is 24.3 Å². The summed E-state index contributed by atoms with van der Waals surface area (Å²) in [5.74, 6) is -5.51. The van der Waals surface area contributed by atoms with E-state index in [9.17, 15) is 26.3 Å². The van der Waals surface area contributed by atoms with Crippen molar-refractivity contribution in [3.05, 3.63) is 30.1 Å². The first-order valence-corrected chi connectivity index (χ1v) is 10.7. The second-order valence-electron chi connectivity index (χ2n) is 8.21. The van der Waals surface area contributed by atoms with Gasteiger partial charge < -0.3 is 24.6 Å². The number of carboxylic acids is 2. The number of nitrogens with zero attached hydrogens (tertiary/aromatic N) is 3. The van der Waals surface area contributed by atoms with Crippen LogP contribution in [0.25, 0.3) is 0 Å². The molecule has 2 fully saturated rings. The van der Waals surface area contributed by atoms with Gasteiger partial charge in [-0.3, -0.25) is 9.88 Å². The molecule has 1 unspecified atom stereocenters. The van der Waals surface area contributed by atoms with Gasteiger partial charge in [-0.1, -0.05) is 6.07 Å². The van der Waals surface area contributed by atoms with Crippen molar-refractivity contribution < 1.29 is 55.6 Å². The smallest absolute Gasteiger partial charge is 0.475 e. The third-order valence-corrected chi connectivity index (χ3v) is 5.24. The fourth-order valence-electron chi connectivity index (χ4n) is 3.62. The largest absolute Gasteiger partial charge is 0.490 e. The maximum absolute atomic E-state index is 10.6. The molecular formula is C21H29F6N3O6. The summed E-state index contributed by atoms with van der Waals surface area (Å²) < 4.78 is 74.6. The lowest BCUT2D eigenvalue weighted by Crippen LogP contribution is -2.41. The minimum Gasteiger partial charge on any atom is -0.475 e. The Labute approximate surface area is 203 Å². The highest BCUT2D eigenvalue weighted by molar-refractivity contribution is 5.73. The molecule has 2 aliphatic heterocycles. The number of hydrogen-bond donors (Lipinski definition) is 2. The molecule has 0 aromatic carbocycles. The Balaban J connectivity index is 0.000000383. The van der Waals surface area contributed by atoms with E-state index in [2.05, 4.69) is 26.9 Å². The number of rotatable bonds is 5. The van der Waals surface area contributed by atoms with Gasteiger partial charge in [0, 0.05) is 51.4 Å². The number of pyridine rings is 1. The van der Waals surface area contributed by atoms with Crippen LogP contribution in [0.1, 0.15) is 12.1 Å². The van der Waals surface area contributed by atoms with Crippen molar-refractivity contribution in [1.82, 2.24) is 14.8 Å². The van der Waals surface area contributed by atoms with Gasteiger partial charge >= 0.3 is 24.3 Å². The molecule has 15 heteroatoms. The number of carbonyl (C=O) groups is 2. The van der Waals surface area contributed by atoms with Crippen LogP contribution in [0.2, 0.25) is 0 Å². The van der Waals surface area contributed by atoms with Crippen molar-refractivity contribution in [3.63, 3.8) is 0 Å². The average molecular weight is 533 g/mol. The average Bonchev–Trinajstić information content (AvgIpc) is 3.07. The number of hydrogen-bond acceptors (Lipinski definition) is 7. The zero-order valence-corrected chi connectivity index (χ0v) is 19.5.